The van der Waals surface area contributed by atoms with Crippen molar-refractivity contribution in [2.75, 3.05) is 13.1 Å². The molecule has 0 fully saturated rings. The number of hydrogen-bond acceptors (Lipinski definition) is 6. The van der Waals surface area contributed by atoms with E-state index in [1.807, 2.05) is 13.0 Å². The molecule has 5 nitrogen and oxygen atoms in total. The Labute approximate surface area is 121 Å². The van der Waals surface area contributed by atoms with E-state index in [0.29, 0.717) is 17.0 Å². The summed E-state index contributed by atoms with van der Waals surface area (Å²) >= 11 is 1.78. The molecule has 0 radical (unpaired) electrons. The molecule has 0 spiro atoms. The summed E-state index contributed by atoms with van der Waals surface area (Å²) < 4.78 is 5.07. The van der Waals surface area contributed by atoms with Crippen LogP contribution in [0.25, 0.3) is 0 Å². The molecule has 1 aromatic carbocycles. The number of thioether (sulfide) groups is 1. The van der Waals surface area contributed by atoms with E-state index in [2.05, 4.69) is 44.7 Å². The summed E-state index contributed by atoms with van der Waals surface area (Å²) in [6.07, 6.45) is 0.719. The highest BCUT2D eigenvalue weighted by Gasteiger charge is 2.20. The normalized spacial score (nSPS) is 18.1. The molecule has 6 heteroatoms. The lowest BCUT2D eigenvalue weighted by molar-refractivity contribution is 0.375. The monoisotopic (exact) mass is 288 g/mol. The van der Waals surface area contributed by atoms with Crippen molar-refractivity contribution in [3.63, 3.8) is 0 Å². The average Bonchev–Trinajstić information content (AvgIpc) is 3.09. The molecule has 1 unspecified atom stereocenters. The lowest BCUT2D eigenvalue weighted by atomic mass is 10.1. The third-order valence-corrected chi connectivity index (χ3v) is 4.21. The van der Waals surface area contributed by atoms with Crippen LogP contribution < -0.4 is 5.32 Å². The second-order valence-electron chi connectivity index (χ2n) is 4.58. The highest BCUT2D eigenvalue weighted by atomic mass is 32.2. The van der Waals surface area contributed by atoms with Gasteiger partial charge in [0.2, 0.25) is 5.89 Å². The minimum absolute atomic E-state index is 0.421. The Bertz CT molecular complexity index is 596. The van der Waals surface area contributed by atoms with Crippen LogP contribution >= 0.6 is 11.8 Å². The molecule has 0 saturated carbocycles. The quantitative estimate of drug-likeness (QED) is 0.935. The van der Waals surface area contributed by atoms with Crippen molar-refractivity contribution in [1.82, 2.24) is 15.5 Å². The van der Waals surface area contributed by atoms with Crippen molar-refractivity contribution in [2.24, 2.45) is 4.99 Å². The van der Waals surface area contributed by atoms with Gasteiger partial charge in [-0.2, -0.15) is 4.98 Å². The Morgan fingerprint density at radius 3 is 2.95 bits per heavy atom. The third kappa shape index (κ3) is 3.19. The molecule has 2 aromatic rings. The van der Waals surface area contributed by atoms with Gasteiger partial charge in [-0.15, -0.1) is 0 Å². The molecule has 0 amide bonds. The fourth-order valence-electron chi connectivity index (χ4n) is 2.03. The van der Waals surface area contributed by atoms with E-state index in [-0.39, 0.29) is 0 Å². The molecule has 20 heavy (non-hydrogen) atoms. The topological polar surface area (TPSA) is 63.3 Å². The Hall–Kier alpha value is -1.82. The van der Waals surface area contributed by atoms with Gasteiger partial charge in [-0.3, -0.25) is 4.99 Å². The first-order chi connectivity index (χ1) is 9.81. The van der Waals surface area contributed by atoms with Crippen LogP contribution in [-0.4, -0.2) is 28.4 Å². The van der Waals surface area contributed by atoms with Crippen molar-refractivity contribution >= 4 is 16.9 Å². The molecule has 0 bridgehead atoms. The fraction of sp³-hybridized carbons (Fsp3) is 0.357. The van der Waals surface area contributed by atoms with Gasteiger partial charge < -0.3 is 9.84 Å². The average molecular weight is 288 g/mol. The second kappa shape index (κ2) is 6.09. The van der Waals surface area contributed by atoms with Crippen LogP contribution in [-0.2, 0) is 6.42 Å². The van der Waals surface area contributed by atoms with Crippen molar-refractivity contribution in [3.8, 4) is 0 Å². The number of hydrogen-bond donors (Lipinski definition) is 1. The van der Waals surface area contributed by atoms with Crippen molar-refractivity contribution in [2.45, 2.75) is 18.6 Å². The van der Waals surface area contributed by atoms with Gasteiger partial charge in [0.1, 0.15) is 0 Å². The molecule has 1 aliphatic heterocycles. The zero-order valence-corrected chi connectivity index (χ0v) is 12.1. The van der Waals surface area contributed by atoms with E-state index < -0.39 is 0 Å². The molecule has 2 heterocycles. The Balaban J connectivity index is 1.46. The van der Waals surface area contributed by atoms with E-state index >= 15 is 0 Å². The summed E-state index contributed by atoms with van der Waals surface area (Å²) in [6, 6.07) is 10.5. The van der Waals surface area contributed by atoms with Crippen LogP contribution in [0.4, 0.5) is 0 Å². The van der Waals surface area contributed by atoms with E-state index in [1.165, 1.54) is 5.56 Å². The summed E-state index contributed by atoms with van der Waals surface area (Å²) in [5.41, 5.74) is 1.32. The SMILES string of the molecule is Cc1noc(CCNC2=NCC(c3ccccc3)S2)n1. The largest absolute Gasteiger partial charge is 0.364 e. The van der Waals surface area contributed by atoms with Crippen molar-refractivity contribution < 1.29 is 4.52 Å². The van der Waals surface area contributed by atoms with Gasteiger partial charge in [0.25, 0.3) is 0 Å². The molecule has 1 atom stereocenters. The standard InChI is InChI=1S/C14H16N4OS/c1-10-17-13(19-18-10)7-8-15-14-16-9-12(20-14)11-5-3-2-4-6-11/h2-6,12H,7-9H2,1H3,(H,15,16). The van der Waals surface area contributed by atoms with E-state index in [9.17, 15) is 0 Å². The first-order valence-corrected chi connectivity index (χ1v) is 7.48. The zero-order chi connectivity index (χ0) is 13.8. The van der Waals surface area contributed by atoms with Crippen LogP contribution in [0.2, 0.25) is 0 Å². The molecule has 104 valence electrons. The van der Waals surface area contributed by atoms with Gasteiger partial charge >= 0.3 is 0 Å². The highest BCUT2D eigenvalue weighted by Crippen LogP contribution is 2.33. The number of rotatable bonds is 4. The van der Waals surface area contributed by atoms with Gasteiger partial charge in [-0.05, 0) is 12.5 Å². The van der Waals surface area contributed by atoms with Crippen LogP contribution in [0.15, 0.2) is 39.8 Å². The lowest BCUT2D eigenvalue weighted by Crippen LogP contribution is -2.21. The van der Waals surface area contributed by atoms with Crippen LogP contribution in [0.5, 0.6) is 0 Å². The molecular weight excluding hydrogens is 272 g/mol. The summed E-state index contributed by atoms with van der Waals surface area (Å²) in [7, 11) is 0. The number of aliphatic imine (C=N–C) groups is 1. The number of aryl methyl sites for hydroxylation is 1. The summed E-state index contributed by atoms with van der Waals surface area (Å²) in [6.45, 7) is 3.41. The zero-order valence-electron chi connectivity index (χ0n) is 11.2. The van der Waals surface area contributed by atoms with Gasteiger partial charge in [0.15, 0.2) is 11.0 Å². The van der Waals surface area contributed by atoms with E-state index in [4.69, 9.17) is 4.52 Å². The van der Waals surface area contributed by atoms with Crippen LogP contribution in [0.1, 0.15) is 22.5 Å². The minimum atomic E-state index is 0.421. The second-order valence-corrected chi connectivity index (χ2v) is 5.77. The summed E-state index contributed by atoms with van der Waals surface area (Å²) in [5, 5.41) is 8.51. The van der Waals surface area contributed by atoms with Gasteiger partial charge in [-0.25, -0.2) is 0 Å². The molecule has 0 saturated heterocycles. The van der Waals surface area contributed by atoms with Crippen molar-refractivity contribution in [1.29, 1.82) is 0 Å². The van der Waals surface area contributed by atoms with Crippen molar-refractivity contribution in [3.05, 3.63) is 47.6 Å². The van der Waals surface area contributed by atoms with Gasteiger partial charge in [0, 0.05) is 13.0 Å². The van der Waals surface area contributed by atoms with Gasteiger partial charge in [-0.1, -0.05) is 47.3 Å². The predicted octanol–water partition coefficient (Wildman–Crippen LogP) is 2.35. The molecule has 0 aliphatic carbocycles. The number of amidine groups is 1. The predicted molar refractivity (Wildman–Crippen MR) is 79.8 cm³/mol. The number of nitrogens with one attached hydrogen (secondary N) is 1. The molecule has 3 rings (SSSR count). The first kappa shape index (κ1) is 13.2. The van der Waals surface area contributed by atoms with Gasteiger partial charge in [0.05, 0.1) is 11.8 Å². The van der Waals surface area contributed by atoms with Crippen LogP contribution in [0.3, 0.4) is 0 Å². The number of aromatic nitrogens is 2. The Morgan fingerprint density at radius 2 is 2.20 bits per heavy atom. The maximum Gasteiger partial charge on any atom is 0.228 e. The smallest absolute Gasteiger partial charge is 0.228 e. The molecule has 1 aromatic heterocycles. The molecule has 1 aliphatic rings. The third-order valence-electron chi connectivity index (χ3n) is 3.01. The minimum Gasteiger partial charge on any atom is -0.364 e. The Kier molecular flexibility index (Phi) is 4.01. The van der Waals surface area contributed by atoms with Crippen LogP contribution in [0, 0.1) is 6.92 Å². The summed E-state index contributed by atoms with van der Waals surface area (Å²) in [4.78, 5) is 8.70. The first-order valence-electron chi connectivity index (χ1n) is 6.60. The Morgan fingerprint density at radius 1 is 1.35 bits per heavy atom. The number of benzene rings is 1. The highest BCUT2D eigenvalue weighted by molar-refractivity contribution is 8.14. The lowest BCUT2D eigenvalue weighted by Gasteiger charge is -2.08. The maximum atomic E-state index is 5.07. The van der Waals surface area contributed by atoms with E-state index in [1.54, 1.807) is 11.8 Å². The summed E-state index contributed by atoms with van der Waals surface area (Å²) in [5.74, 6) is 1.34. The maximum absolute atomic E-state index is 5.07. The number of nitrogens with zero attached hydrogens (tertiary/aromatic N) is 3. The fourth-order valence-corrected chi connectivity index (χ4v) is 3.08. The molecular formula is C14H16N4OS. The molecule has 1 N–H and O–H groups in total. The van der Waals surface area contributed by atoms with E-state index in [0.717, 1.165) is 24.7 Å².